The monoisotopic (exact) mass is 232 g/mol. The summed E-state index contributed by atoms with van der Waals surface area (Å²) in [5, 5.41) is 3.16. The zero-order chi connectivity index (χ0) is 11.5. The molecule has 1 atom stereocenters. The van der Waals surface area contributed by atoms with Crippen molar-refractivity contribution in [3.05, 3.63) is 35.3 Å². The molecule has 1 unspecified atom stereocenters. The van der Waals surface area contributed by atoms with Crippen molar-refractivity contribution in [2.24, 2.45) is 0 Å². The second-order valence-electron chi connectivity index (χ2n) is 3.97. The van der Waals surface area contributed by atoms with Crippen molar-refractivity contribution in [3.8, 4) is 10.6 Å². The van der Waals surface area contributed by atoms with Crippen LogP contribution in [0, 0.1) is 0 Å². The predicted octanol–water partition coefficient (Wildman–Crippen LogP) is 3.91. The molecule has 0 aliphatic carbocycles. The highest BCUT2D eigenvalue weighted by atomic mass is 32.1. The van der Waals surface area contributed by atoms with Crippen molar-refractivity contribution in [3.63, 3.8) is 0 Å². The molecule has 0 radical (unpaired) electrons. The molecule has 0 aliphatic rings. The Morgan fingerprint density at radius 3 is 2.81 bits per heavy atom. The normalized spacial score (nSPS) is 12.6. The van der Waals surface area contributed by atoms with E-state index in [1.54, 1.807) is 11.3 Å². The van der Waals surface area contributed by atoms with Crippen molar-refractivity contribution in [2.45, 2.75) is 26.2 Å². The number of nitrogens with zero attached hydrogens (tertiary/aromatic N) is 1. The Balaban J connectivity index is 2.35. The summed E-state index contributed by atoms with van der Waals surface area (Å²) in [5.41, 5.74) is 8.95. The topological polar surface area (TPSA) is 38.9 Å². The molecule has 2 aromatic rings. The molecule has 16 heavy (non-hydrogen) atoms. The van der Waals surface area contributed by atoms with Crippen LogP contribution in [-0.4, -0.2) is 4.98 Å². The Morgan fingerprint density at radius 1 is 1.38 bits per heavy atom. The van der Waals surface area contributed by atoms with Gasteiger partial charge in [0.2, 0.25) is 0 Å². The zero-order valence-electron chi connectivity index (χ0n) is 9.60. The molecular formula is C13H16N2S. The summed E-state index contributed by atoms with van der Waals surface area (Å²) < 4.78 is 0. The van der Waals surface area contributed by atoms with Crippen molar-refractivity contribution in [1.82, 2.24) is 4.98 Å². The molecular weight excluding hydrogens is 216 g/mol. The van der Waals surface area contributed by atoms with Gasteiger partial charge >= 0.3 is 0 Å². The summed E-state index contributed by atoms with van der Waals surface area (Å²) in [5.74, 6) is 0.523. The molecule has 3 heteroatoms. The van der Waals surface area contributed by atoms with Gasteiger partial charge in [0.15, 0.2) is 0 Å². The predicted molar refractivity (Wildman–Crippen MR) is 70.7 cm³/mol. The summed E-state index contributed by atoms with van der Waals surface area (Å²) in [7, 11) is 0. The average Bonchev–Trinajstić information content (AvgIpc) is 2.78. The van der Waals surface area contributed by atoms with Crippen LogP contribution in [-0.2, 0) is 0 Å². The summed E-state index contributed by atoms with van der Waals surface area (Å²) >= 11 is 1.67. The standard InChI is InChI=1S/C13H16N2S/c1-3-9(2)12-8-16-13(15-12)10-6-4-5-7-11(10)14/h4-9H,3,14H2,1-2H3. The lowest BCUT2D eigenvalue weighted by molar-refractivity contribution is 0.714. The first-order chi connectivity index (χ1) is 7.72. The second kappa shape index (κ2) is 4.66. The maximum Gasteiger partial charge on any atom is 0.125 e. The van der Waals surface area contributed by atoms with Crippen LogP contribution >= 0.6 is 11.3 Å². The number of nitrogens with two attached hydrogens (primary N) is 1. The van der Waals surface area contributed by atoms with E-state index < -0.39 is 0 Å². The van der Waals surface area contributed by atoms with Gasteiger partial charge in [-0.05, 0) is 24.5 Å². The highest BCUT2D eigenvalue weighted by Crippen LogP contribution is 2.31. The van der Waals surface area contributed by atoms with Gasteiger partial charge in [0.05, 0.1) is 5.69 Å². The molecule has 2 N–H and O–H groups in total. The van der Waals surface area contributed by atoms with E-state index in [0.29, 0.717) is 5.92 Å². The van der Waals surface area contributed by atoms with E-state index in [9.17, 15) is 0 Å². The number of hydrogen-bond donors (Lipinski definition) is 1. The van der Waals surface area contributed by atoms with Crippen molar-refractivity contribution in [1.29, 1.82) is 0 Å². The van der Waals surface area contributed by atoms with E-state index in [-0.39, 0.29) is 0 Å². The number of thiazole rings is 1. The van der Waals surface area contributed by atoms with E-state index in [4.69, 9.17) is 5.73 Å². The number of rotatable bonds is 3. The maximum absolute atomic E-state index is 5.94. The van der Waals surface area contributed by atoms with Gasteiger partial charge in [-0.1, -0.05) is 26.0 Å². The Bertz CT molecular complexity index is 476. The average molecular weight is 232 g/mol. The molecule has 0 spiro atoms. The molecule has 2 rings (SSSR count). The van der Waals surface area contributed by atoms with Crippen LogP contribution in [0.25, 0.3) is 10.6 Å². The highest BCUT2D eigenvalue weighted by molar-refractivity contribution is 7.13. The smallest absolute Gasteiger partial charge is 0.125 e. The van der Waals surface area contributed by atoms with Crippen molar-refractivity contribution >= 4 is 17.0 Å². The minimum atomic E-state index is 0.523. The molecule has 1 aromatic heterocycles. The van der Waals surface area contributed by atoms with Crippen molar-refractivity contribution in [2.75, 3.05) is 5.73 Å². The lowest BCUT2D eigenvalue weighted by Crippen LogP contribution is -1.92. The van der Waals surface area contributed by atoms with Crippen LogP contribution < -0.4 is 5.73 Å². The SMILES string of the molecule is CCC(C)c1csc(-c2ccccc2N)n1. The number of anilines is 1. The molecule has 1 heterocycles. The first-order valence-electron chi connectivity index (χ1n) is 5.52. The van der Waals surface area contributed by atoms with Gasteiger partial charge < -0.3 is 5.73 Å². The van der Waals surface area contributed by atoms with Crippen LogP contribution in [0.4, 0.5) is 5.69 Å². The molecule has 84 valence electrons. The van der Waals surface area contributed by atoms with Crippen molar-refractivity contribution < 1.29 is 0 Å². The number of nitrogen functional groups attached to an aromatic ring is 1. The molecule has 0 bridgehead atoms. The van der Waals surface area contributed by atoms with Crippen LogP contribution in [0.1, 0.15) is 31.9 Å². The van der Waals surface area contributed by atoms with Crippen LogP contribution in [0.2, 0.25) is 0 Å². The molecule has 0 fully saturated rings. The highest BCUT2D eigenvalue weighted by Gasteiger charge is 2.10. The molecule has 0 saturated heterocycles. The van der Waals surface area contributed by atoms with Gasteiger partial charge in [0, 0.05) is 16.6 Å². The van der Waals surface area contributed by atoms with Crippen LogP contribution in [0.3, 0.4) is 0 Å². The fourth-order valence-corrected chi connectivity index (χ4v) is 2.53. The zero-order valence-corrected chi connectivity index (χ0v) is 10.4. The minimum Gasteiger partial charge on any atom is -0.398 e. The maximum atomic E-state index is 5.94. The van der Waals surface area contributed by atoms with E-state index in [2.05, 4.69) is 24.2 Å². The summed E-state index contributed by atoms with van der Waals surface area (Å²) in [6.07, 6.45) is 1.12. The van der Waals surface area contributed by atoms with Gasteiger partial charge in [0.1, 0.15) is 5.01 Å². The number of hydrogen-bond acceptors (Lipinski definition) is 3. The first kappa shape index (κ1) is 11.1. The lowest BCUT2D eigenvalue weighted by Gasteiger charge is -2.03. The van der Waals surface area contributed by atoms with E-state index in [0.717, 1.165) is 22.7 Å². The Morgan fingerprint density at radius 2 is 2.12 bits per heavy atom. The second-order valence-corrected chi connectivity index (χ2v) is 4.83. The number of benzene rings is 1. The summed E-state index contributed by atoms with van der Waals surface area (Å²) in [6.45, 7) is 4.38. The van der Waals surface area contributed by atoms with E-state index in [1.165, 1.54) is 5.69 Å². The largest absolute Gasteiger partial charge is 0.398 e. The van der Waals surface area contributed by atoms with E-state index >= 15 is 0 Å². The molecule has 0 saturated carbocycles. The number of aromatic nitrogens is 1. The summed E-state index contributed by atoms with van der Waals surface area (Å²) in [4.78, 5) is 4.65. The Hall–Kier alpha value is -1.35. The van der Waals surface area contributed by atoms with Gasteiger partial charge in [-0.15, -0.1) is 11.3 Å². The van der Waals surface area contributed by atoms with Gasteiger partial charge in [0.25, 0.3) is 0 Å². The Kier molecular flexibility index (Phi) is 3.25. The molecule has 2 nitrogen and oxygen atoms in total. The van der Waals surface area contributed by atoms with Gasteiger partial charge in [-0.25, -0.2) is 4.98 Å². The fraction of sp³-hybridized carbons (Fsp3) is 0.308. The minimum absolute atomic E-state index is 0.523. The summed E-state index contributed by atoms with van der Waals surface area (Å²) in [6, 6.07) is 7.88. The third-order valence-corrected chi connectivity index (χ3v) is 3.72. The first-order valence-corrected chi connectivity index (χ1v) is 6.40. The molecule has 0 amide bonds. The Labute approximate surface area is 100 Å². The van der Waals surface area contributed by atoms with E-state index in [1.807, 2.05) is 24.3 Å². The number of para-hydroxylation sites is 1. The third kappa shape index (κ3) is 2.09. The molecule has 1 aromatic carbocycles. The molecule has 0 aliphatic heterocycles. The third-order valence-electron chi connectivity index (χ3n) is 2.83. The van der Waals surface area contributed by atoms with Gasteiger partial charge in [-0.2, -0.15) is 0 Å². The lowest BCUT2D eigenvalue weighted by atomic mass is 10.1. The quantitative estimate of drug-likeness (QED) is 0.815. The van der Waals surface area contributed by atoms with Crippen LogP contribution in [0.15, 0.2) is 29.6 Å². The van der Waals surface area contributed by atoms with Crippen LogP contribution in [0.5, 0.6) is 0 Å². The fourth-order valence-electron chi connectivity index (χ4n) is 1.54. The van der Waals surface area contributed by atoms with Gasteiger partial charge in [-0.3, -0.25) is 0 Å².